The van der Waals surface area contributed by atoms with E-state index in [4.69, 9.17) is 4.74 Å². The smallest absolute Gasteiger partial charge is 0.320 e. The van der Waals surface area contributed by atoms with E-state index in [2.05, 4.69) is 4.98 Å². The van der Waals surface area contributed by atoms with Crippen molar-refractivity contribution in [1.29, 1.82) is 0 Å². The first kappa shape index (κ1) is 17.7. The number of hydrogen-bond acceptors (Lipinski definition) is 3. The number of ether oxygens (including phenoxy) is 1. The SMILES string of the molecule is COC(=O)C(CC(c1ccccc1)c1c(C)[nH]c2ccccc12)C(=O)O. The Balaban J connectivity index is 2.14. The lowest BCUT2D eigenvalue weighted by Crippen LogP contribution is -2.27. The molecule has 0 radical (unpaired) electrons. The van der Waals surface area contributed by atoms with Crippen molar-refractivity contribution >= 4 is 22.8 Å². The number of aryl methyl sites for hydroxylation is 1. The van der Waals surface area contributed by atoms with Crippen LogP contribution in [-0.4, -0.2) is 29.1 Å². The fourth-order valence-corrected chi connectivity index (χ4v) is 3.53. The van der Waals surface area contributed by atoms with Gasteiger partial charge in [-0.15, -0.1) is 0 Å². The van der Waals surface area contributed by atoms with Gasteiger partial charge in [-0.1, -0.05) is 48.5 Å². The van der Waals surface area contributed by atoms with Crippen LogP contribution in [0.25, 0.3) is 10.9 Å². The van der Waals surface area contributed by atoms with Gasteiger partial charge in [-0.2, -0.15) is 0 Å². The third-order valence-electron chi connectivity index (χ3n) is 4.75. The maximum absolute atomic E-state index is 12.0. The Morgan fingerprint density at radius 3 is 2.38 bits per heavy atom. The first-order valence-corrected chi connectivity index (χ1v) is 8.45. The first-order valence-electron chi connectivity index (χ1n) is 8.45. The number of benzene rings is 2. The number of carbonyl (C=O) groups is 2. The fraction of sp³-hybridized carbons (Fsp3) is 0.238. The summed E-state index contributed by atoms with van der Waals surface area (Å²) in [5, 5.41) is 10.6. The molecule has 0 aliphatic heterocycles. The number of rotatable bonds is 6. The monoisotopic (exact) mass is 351 g/mol. The van der Waals surface area contributed by atoms with Gasteiger partial charge < -0.3 is 14.8 Å². The molecule has 2 unspecified atom stereocenters. The number of hydrogen-bond donors (Lipinski definition) is 2. The Morgan fingerprint density at radius 1 is 1.08 bits per heavy atom. The largest absolute Gasteiger partial charge is 0.481 e. The number of carbonyl (C=O) groups excluding carboxylic acids is 1. The summed E-state index contributed by atoms with van der Waals surface area (Å²) >= 11 is 0. The number of carboxylic acid groups (broad SMARTS) is 1. The summed E-state index contributed by atoms with van der Waals surface area (Å²) in [5.41, 5.74) is 3.94. The number of fused-ring (bicyclic) bond motifs is 1. The van der Waals surface area contributed by atoms with Crippen LogP contribution in [0.1, 0.15) is 29.2 Å². The maximum Gasteiger partial charge on any atom is 0.320 e. The Hall–Kier alpha value is -3.08. The van der Waals surface area contributed by atoms with E-state index >= 15 is 0 Å². The summed E-state index contributed by atoms with van der Waals surface area (Å²) in [6.45, 7) is 1.97. The summed E-state index contributed by atoms with van der Waals surface area (Å²) in [6, 6.07) is 17.6. The van der Waals surface area contributed by atoms with Crippen LogP contribution in [0, 0.1) is 12.8 Å². The van der Waals surface area contributed by atoms with Crippen LogP contribution >= 0.6 is 0 Å². The molecule has 0 bridgehead atoms. The van der Waals surface area contributed by atoms with Gasteiger partial charge in [0.2, 0.25) is 0 Å². The maximum atomic E-state index is 12.0. The minimum absolute atomic E-state index is 0.134. The van der Waals surface area contributed by atoms with Gasteiger partial charge in [0.25, 0.3) is 0 Å². The van der Waals surface area contributed by atoms with Crippen LogP contribution in [0.2, 0.25) is 0 Å². The van der Waals surface area contributed by atoms with Crippen molar-refractivity contribution in [2.24, 2.45) is 5.92 Å². The Morgan fingerprint density at radius 2 is 1.73 bits per heavy atom. The van der Waals surface area contributed by atoms with Crippen LogP contribution in [0.4, 0.5) is 0 Å². The second-order valence-corrected chi connectivity index (χ2v) is 6.32. The van der Waals surface area contributed by atoms with E-state index in [1.807, 2.05) is 61.5 Å². The highest BCUT2D eigenvalue weighted by atomic mass is 16.5. The molecule has 2 atom stereocenters. The van der Waals surface area contributed by atoms with E-state index in [0.717, 1.165) is 27.7 Å². The molecule has 0 aliphatic rings. The van der Waals surface area contributed by atoms with E-state index < -0.39 is 17.9 Å². The molecule has 2 aromatic carbocycles. The highest BCUT2D eigenvalue weighted by Gasteiger charge is 2.33. The number of H-pyrrole nitrogens is 1. The van der Waals surface area contributed by atoms with Gasteiger partial charge in [0.15, 0.2) is 5.92 Å². The van der Waals surface area contributed by atoms with E-state index in [1.165, 1.54) is 7.11 Å². The van der Waals surface area contributed by atoms with Crippen molar-refractivity contribution in [2.45, 2.75) is 19.3 Å². The number of aromatic nitrogens is 1. The number of methoxy groups -OCH3 is 1. The standard InChI is InChI=1S/C21H21NO4/c1-13-19(15-10-6-7-11-18(15)22-13)16(14-8-4-3-5-9-14)12-17(20(23)24)21(25)26-2/h3-11,16-17,22H,12H2,1-2H3,(H,23,24). The van der Waals surface area contributed by atoms with Crippen LogP contribution in [0.5, 0.6) is 0 Å². The molecule has 1 heterocycles. The van der Waals surface area contributed by atoms with Crippen molar-refractivity contribution in [2.75, 3.05) is 7.11 Å². The second-order valence-electron chi connectivity index (χ2n) is 6.32. The minimum atomic E-state index is -1.22. The van der Waals surface area contributed by atoms with Crippen molar-refractivity contribution in [3.8, 4) is 0 Å². The average molecular weight is 351 g/mol. The van der Waals surface area contributed by atoms with Gasteiger partial charge in [-0.3, -0.25) is 9.59 Å². The van der Waals surface area contributed by atoms with Gasteiger partial charge in [0.1, 0.15) is 0 Å². The van der Waals surface area contributed by atoms with Gasteiger partial charge in [0.05, 0.1) is 7.11 Å². The van der Waals surface area contributed by atoms with Gasteiger partial charge in [-0.25, -0.2) is 0 Å². The Bertz CT molecular complexity index is 930. The quantitative estimate of drug-likeness (QED) is 0.522. The van der Waals surface area contributed by atoms with Crippen LogP contribution < -0.4 is 0 Å². The van der Waals surface area contributed by atoms with Crippen LogP contribution in [-0.2, 0) is 14.3 Å². The predicted molar refractivity (Wildman–Crippen MR) is 99.1 cm³/mol. The molecule has 0 fully saturated rings. The highest BCUT2D eigenvalue weighted by molar-refractivity contribution is 5.94. The lowest BCUT2D eigenvalue weighted by Gasteiger charge is -2.21. The highest BCUT2D eigenvalue weighted by Crippen LogP contribution is 2.38. The van der Waals surface area contributed by atoms with Crippen molar-refractivity contribution in [3.05, 3.63) is 71.4 Å². The number of aromatic amines is 1. The Kier molecular flexibility index (Phi) is 5.07. The fourth-order valence-electron chi connectivity index (χ4n) is 3.53. The average Bonchev–Trinajstić information content (AvgIpc) is 2.98. The topological polar surface area (TPSA) is 79.4 Å². The molecular formula is C21H21NO4. The van der Waals surface area contributed by atoms with Crippen LogP contribution in [0.15, 0.2) is 54.6 Å². The molecule has 2 N–H and O–H groups in total. The van der Waals surface area contributed by atoms with Crippen LogP contribution in [0.3, 0.4) is 0 Å². The third kappa shape index (κ3) is 3.33. The van der Waals surface area contributed by atoms with Gasteiger partial charge >= 0.3 is 11.9 Å². The van der Waals surface area contributed by atoms with E-state index in [1.54, 1.807) is 0 Å². The number of nitrogens with one attached hydrogen (secondary N) is 1. The van der Waals surface area contributed by atoms with Crippen molar-refractivity contribution in [1.82, 2.24) is 4.98 Å². The molecule has 0 spiro atoms. The molecule has 0 aliphatic carbocycles. The van der Waals surface area contributed by atoms with Crippen molar-refractivity contribution in [3.63, 3.8) is 0 Å². The molecule has 1 aromatic heterocycles. The summed E-state index contributed by atoms with van der Waals surface area (Å²) in [4.78, 5) is 27.1. The van der Waals surface area contributed by atoms with Gasteiger partial charge in [-0.05, 0) is 30.5 Å². The third-order valence-corrected chi connectivity index (χ3v) is 4.75. The molecule has 134 valence electrons. The van der Waals surface area contributed by atoms with Gasteiger partial charge in [0, 0.05) is 22.5 Å². The zero-order valence-electron chi connectivity index (χ0n) is 14.7. The normalized spacial score (nSPS) is 13.3. The van der Waals surface area contributed by atoms with E-state index in [9.17, 15) is 14.7 Å². The number of aliphatic carboxylic acids is 1. The zero-order valence-corrected chi connectivity index (χ0v) is 14.7. The second kappa shape index (κ2) is 7.44. The van der Waals surface area contributed by atoms with E-state index in [-0.39, 0.29) is 12.3 Å². The predicted octanol–water partition coefficient (Wildman–Crippen LogP) is 3.87. The molecule has 0 amide bonds. The summed E-state index contributed by atoms with van der Waals surface area (Å²) in [6.07, 6.45) is 0.134. The van der Waals surface area contributed by atoms with E-state index in [0.29, 0.717) is 0 Å². The summed E-state index contributed by atoms with van der Waals surface area (Å²) in [7, 11) is 1.22. The molecule has 0 saturated carbocycles. The number of para-hydroxylation sites is 1. The number of carboxylic acids is 1. The zero-order chi connectivity index (χ0) is 18.7. The molecule has 3 aromatic rings. The molecular weight excluding hydrogens is 330 g/mol. The molecule has 26 heavy (non-hydrogen) atoms. The summed E-state index contributed by atoms with van der Waals surface area (Å²) in [5.74, 6) is -3.36. The molecule has 5 nitrogen and oxygen atoms in total. The lowest BCUT2D eigenvalue weighted by molar-refractivity contribution is -0.157. The number of esters is 1. The minimum Gasteiger partial charge on any atom is -0.481 e. The summed E-state index contributed by atoms with van der Waals surface area (Å²) < 4.78 is 4.72. The first-order chi connectivity index (χ1) is 12.5. The molecule has 5 heteroatoms. The lowest BCUT2D eigenvalue weighted by atomic mass is 9.82. The Labute approximate surface area is 151 Å². The van der Waals surface area contributed by atoms with Crippen molar-refractivity contribution < 1.29 is 19.4 Å². The molecule has 3 rings (SSSR count). The molecule has 0 saturated heterocycles.